The molecule has 0 bridgehead atoms. The lowest BCUT2D eigenvalue weighted by molar-refractivity contribution is -0.384. The van der Waals surface area contributed by atoms with Gasteiger partial charge in [-0.05, 0) is 55.3 Å². The number of non-ortho nitro benzene ring substituents is 1. The van der Waals surface area contributed by atoms with E-state index < -0.39 is 20.9 Å². The van der Waals surface area contributed by atoms with E-state index in [4.69, 9.17) is 0 Å². The number of aryl methyl sites for hydroxylation is 2. The Balaban J connectivity index is 1.85. The van der Waals surface area contributed by atoms with Gasteiger partial charge in [0, 0.05) is 23.4 Å². The zero-order chi connectivity index (χ0) is 21.9. The molecule has 3 aromatic rings. The van der Waals surface area contributed by atoms with E-state index >= 15 is 0 Å². The Morgan fingerprint density at radius 3 is 2.40 bits per heavy atom. The third-order valence-electron chi connectivity index (χ3n) is 4.36. The maximum Gasteiger partial charge on any atom is 0.271 e. The minimum Gasteiger partial charge on any atom is -0.321 e. The first-order chi connectivity index (χ1) is 14.2. The van der Waals surface area contributed by atoms with Gasteiger partial charge in [0.05, 0.1) is 15.5 Å². The molecule has 8 nitrogen and oxygen atoms in total. The van der Waals surface area contributed by atoms with Gasteiger partial charge < -0.3 is 5.32 Å². The van der Waals surface area contributed by atoms with Crippen molar-refractivity contribution in [3.05, 3.63) is 93.5 Å². The quantitative estimate of drug-likeness (QED) is 0.452. The molecule has 0 aliphatic rings. The number of anilines is 2. The lowest BCUT2D eigenvalue weighted by atomic mass is 10.1. The lowest BCUT2D eigenvalue weighted by Gasteiger charge is -2.11. The molecule has 1 amide bonds. The molecule has 9 heteroatoms. The number of nitrogens with one attached hydrogen (secondary N) is 2. The molecule has 0 saturated heterocycles. The van der Waals surface area contributed by atoms with Gasteiger partial charge in [0.25, 0.3) is 21.6 Å². The van der Waals surface area contributed by atoms with Gasteiger partial charge in [0.2, 0.25) is 0 Å². The van der Waals surface area contributed by atoms with Crippen LogP contribution in [0.15, 0.2) is 71.6 Å². The number of amides is 1. The Labute approximate surface area is 173 Å². The van der Waals surface area contributed by atoms with Gasteiger partial charge in [-0.2, -0.15) is 0 Å². The van der Waals surface area contributed by atoms with Crippen molar-refractivity contribution in [1.82, 2.24) is 0 Å². The van der Waals surface area contributed by atoms with Gasteiger partial charge in [-0.1, -0.05) is 24.3 Å². The molecule has 0 spiro atoms. The van der Waals surface area contributed by atoms with E-state index in [2.05, 4.69) is 10.0 Å². The average molecular weight is 425 g/mol. The number of nitro groups is 1. The minimum atomic E-state index is -3.90. The normalized spacial score (nSPS) is 11.0. The van der Waals surface area contributed by atoms with Crippen LogP contribution in [0.3, 0.4) is 0 Å². The van der Waals surface area contributed by atoms with Gasteiger partial charge in [0.15, 0.2) is 0 Å². The Hall–Kier alpha value is -3.72. The largest absolute Gasteiger partial charge is 0.321 e. The molecule has 0 heterocycles. The molecular weight excluding hydrogens is 406 g/mol. The fourth-order valence-corrected chi connectivity index (χ4v) is 3.87. The second kappa shape index (κ2) is 8.34. The van der Waals surface area contributed by atoms with Gasteiger partial charge in [-0.3, -0.25) is 19.6 Å². The predicted octanol–water partition coefficient (Wildman–Crippen LogP) is 4.26. The molecular formula is C21H19N3O5S. The molecule has 0 radical (unpaired) electrons. The van der Waals surface area contributed by atoms with Crippen molar-refractivity contribution < 1.29 is 18.1 Å². The third-order valence-corrected chi connectivity index (χ3v) is 5.74. The molecule has 3 aromatic carbocycles. The number of carbonyl (C=O) groups excluding carboxylic acids is 1. The minimum absolute atomic E-state index is 0.0765. The van der Waals surface area contributed by atoms with Crippen LogP contribution < -0.4 is 10.0 Å². The van der Waals surface area contributed by atoms with Crippen LogP contribution in [0.4, 0.5) is 17.1 Å². The highest BCUT2D eigenvalue weighted by molar-refractivity contribution is 7.92. The lowest BCUT2D eigenvalue weighted by Crippen LogP contribution is -2.16. The van der Waals surface area contributed by atoms with E-state index in [1.165, 1.54) is 42.5 Å². The first-order valence-corrected chi connectivity index (χ1v) is 10.4. The summed E-state index contributed by atoms with van der Waals surface area (Å²) in [6, 6.07) is 16.6. The van der Waals surface area contributed by atoms with Crippen molar-refractivity contribution in [2.24, 2.45) is 0 Å². The molecule has 0 atom stereocenters. The van der Waals surface area contributed by atoms with Crippen LogP contribution in [0.1, 0.15) is 21.5 Å². The molecule has 0 unspecified atom stereocenters. The number of hydrogen-bond donors (Lipinski definition) is 2. The number of nitrogens with zero attached hydrogens (tertiary/aromatic N) is 1. The highest BCUT2D eigenvalue weighted by atomic mass is 32.2. The van der Waals surface area contributed by atoms with Crippen molar-refractivity contribution in [2.75, 3.05) is 10.0 Å². The maximum atomic E-state index is 12.7. The van der Waals surface area contributed by atoms with Crippen LogP contribution in [0.2, 0.25) is 0 Å². The Morgan fingerprint density at radius 1 is 0.967 bits per heavy atom. The summed E-state index contributed by atoms with van der Waals surface area (Å²) < 4.78 is 27.9. The van der Waals surface area contributed by atoms with Crippen LogP contribution in [0.25, 0.3) is 0 Å². The van der Waals surface area contributed by atoms with Crippen molar-refractivity contribution in [2.45, 2.75) is 18.7 Å². The Morgan fingerprint density at radius 2 is 1.70 bits per heavy atom. The third kappa shape index (κ3) is 4.81. The molecule has 2 N–H and O–H groups in total. The smallest absolute Gasteiger partial charge is 0.271 e. The second-order valence-corrected chi connectivity index (χ2v) is 8.40. The SMILES string of the molecule is Cc1cccc(NS(=O)(=O)c2cccc(C(=O)Nc3cc([N+](=O)[O-])ccc3C)c2)c1. The zero-order valence-electron chi connectivity index (χ0n) is 16.2. The van der Waals surface area contributed by atoms with Crippen molar-refractivity contribution in [3.63, 3.8) is 0 Å². The standard InChI is InChI=1S/C21H19N3O5S/c1-14-5-3-7-17(11-14)23-30(28,29)19-8-4-6-16(12-19)21(25)22-20-13-18(24(26)27)10-9-15(20)2/h3-13,23H,1-2H3,(H,22,25). The molecule has 0 aromatic heterocycles. The number of carbonyl (C=O) groups is 1. The van der Waals surface area contributed by atoms with E-state index in [0.29, 0.717) is 11.3 Å². The van der Waals surface area contributed by atoms with Crippen molar-refractivity contribution in [1.29, 1.82) is 0 Å². The molecule has 0 saturated carbocycles. The first kappa shape index (κ1) is 21.0. The van der Waals surface area contributed by atoms with E-state index in [9.17, 15) is 23.3 Å². The van der Waals surface area contributed by atoms with Crippen LogP contribution in [0, 0.1) is 24.0 Å². The summed E-state index contributed by atoms with van der Waals surface area (Å²) in [6.07, 6.45) is 0. The molecule has 3 rings (SSSR count). The molecule has 0 aliphatic carbocycles. The highest BCUT2D eigenvalue weighted by Gasteiger charge is 2.18. The summed E-state index contributed by atoms with van der Waals surface area (Å²) in [5.74, 6) is -0.578. The van der Waals surface area contributed by atoms with Gasteiger partial charge in [-0.15, -0.1) is 0 Å². The van der Waals surface area contributed by atoms with Crippen molar-refractivity contribution >= 4 is 33.0 Å². The fraction of sp³-hybridized carbons (Fsp3) is 0.0952. The molecule has 0 aliphatic heterocycles. The maximum absolute atomic E-state index is 12.7. The van der Waals surface area contributed by atoms with E-state index in [-0.39, 0.29) is 21.8 Å². The molecule has 0 fully saturated rings. The monoisotopic (exact) mass is 425 g/mol. The first-order valence-electron chi connectivity index (χ1n) is 8.92. The summed E-state index contributed by atoms with van der Waals surface area (Å²) in [4.78, 5) is 23.0. The number of benzene rings is 3. The molecule has 30 heavy (non-hydrogen) atoms. The topological polar surface area (TPSA) is 118 Å². The van der Waals surface area contributed by atoms with Crippen LogP contribution in [-0.2, 0) is 10.0 Å². The zero-order valence-corrected chi connectivity index (χ0v) is 17.1. The van der Waals surface area contributed by atoms with Gasteiger partial charge in [-0.25, -0.2) is 8.42 Å². The van der Waals surface area contributed by atoms with Gasteiger partial charge >= 0.3 is 0 Å². The number of sulfonamides is 1. The average Bonchev–Trinajstić information content (AvgIpc) is 2.69. The van der Waals surface area contributed by atoms with E-state index in [1.807, 2.05) is 13.0 Å². The predicted molar refractivity (Wildman–Crippen MR) is 114 cm³/mol. The Kier molecular flexibility index (Phi) is 5.84. The number of rotatable bonds is 6. The van der Waals surface area contributed by atoms with Crippen LogP contribution in [-0.4, -0.2) is 19.2 Å². The summed E-state index contributed by atoms with van der Waals surface area (Å²) in [5, 5.41) is 13.6. The number of nitro benzene ring substituents is 1. The Bertz CT molecular complexity index is 1240. The van der Waals surface area contributed by atoms with Crippen LogP contribution in [0.5, 0.6) is 0 Å². The number of hydrogen-bond acceptors (Lipinski definition) is 5. The summed E-state index contributed by atoms with van der Waals surface area (Å²) in [5.41, 5.74) is 2.18. The van der Waals surface area contributed by atoms with Crippen molar-refractivity contribution in [3.8, 4) is 0 Å². The molecule has 154 valence electrons. The van der Waals surface area contributed by atoms with Gasteiger partial charge in [0.1, 0.15) is 0 Å². The highest BCUT2D eigenvalue weighted by Crippen LogP contribution is 2.23. The van der Waals surface area contributed by atoms with E-state index in [0.717, 1.165) is 5.56 Å². The van der Waals surface area contributed by atoms with E-state index in [1.54, 1.807) is 25.1 Å². The summed E-state index contributed by atoms with van der Waals surface area (Å²) in [7, 11) is -3.90. The second-order valence-electron chi connectivity index (χ2n) is 6.71. The summed E-state index contributed by atoms with van der Waals surface area (Å²) in [6.45, 7) is 3.55. The van der Waals surface area contributed by atoms with Crippen LogP contribution >= 0.6 is 0 Å². The summed E-state index contributed by atoms with van der Waals surface area (Å²) >= 11 is 0. The fourth-order valence-electron chi connectivity index (χ4n) is 2.78.